The van der Waals surface area contributed by atoms with E-state index in [0.29, 0.717) is 15.1 Å². The van der Waals surface area contributed by atoms with Crippen LogP contribution in [0.2, 0.25) is 15.1 Å². The van der Waals surface area contributed by atoms with Gasteiger partial charge in [0.25, 0.3) is 0 Å². The third-order valence-corrected chi connectivity index (χ3v) is 3.30. The van der Waals surface area contributed by atoms with E-state index in [1.54, 1.807) is 24.4 Å². The minimum atomic E-state index is -0.157. The lowest BCUT2D eigenvalue weighted by atomic mass is 10.1. The van der Waals surface area contributed by atoms with Crippen LogP contribution >= 0.6 is 34.8 Å². The maximum atomic E-state index is 10.9. The molecule has 1 heterocycles. The fourth-order valence-corrected chi connectivity index (χ4v) is 1.91. The fraction of sp³-hybridized carbons (Fsp3) is 0. The fourth-order valence-electron chi connectivity index (χ4n) is 1.31. The van der Waals surface area contributed by atoms with Gasteiger partial charge in [-0.1, -0.05) is 34.8 Å². The van der Waals surface area contributed by atoms with E-state index in [-0.39, 0.29) is 5.56 Å². The number of H-pyrrole nitrogens is 1. The Labute approximate surface area is 107 Å². The van der Waals surface area contributed by atoms with Gasteiger partial charge in [0.15, 0.2) is 0 Å². The Morgan fingerprint density at radius 2 is 1.56 bits per heavy atom. The molecule has 0 fully saturated rings. The molecule has 82 valence electrons. The van der Waals surface area contributed by atoms with E-state index in [4.69, 9.17) is 34.8 Å². The topological polar surface area (TPSA) is 32.9 Å². The molecule has 0 atom stereocenters. The molecule has 0 spiro atoms. The summed E-state index contributed by atoms with van der Waals surface area (Å²) in [6.07, 6.45) is 1.60. The lowest BCUT2D eigenvalue weighted by Gasteiger charge is -2.05. The first-order chi connectivity index (χ1) is 7.58. The van der Waals surface area contributed by atoms with Crippen molar-refractivity contribution in [3.63, 3.8) is 0 Å². The van der Waals surface area contributed by atoms with Gasteiger partial charge in [0.2, 0.25) is 5.56 Å². The normalized spacial score (nSPS) is 10.4. The van der Waals surface area contributed by atoms with Crippen molar-refractivity contribution in [1.82, 2.24) is 4.98 Å². The largest absolute Gasteiger partial charge is 0.328 e. The summed E-state index contributed by atoms with van der Waals surface area (Å²) in [6, 6.07) is 6.52. The highest BCUT2D eigenvalue weighted by Crippen LogP contribution is 2.34. The molecule has 2 nitrogen and oxygen atoms in total. The van der Waals surface area contributed by atoms with Crippen LogP contribution in [0.4, 0.5) is 0 Å². The number of hydrogen-bond acceptors (Lipinski definition) is 1. The molecule has 1 N–H and O–H groups in total. The monoisotopic (exact) mass is 273 g/mol. The molecule has 2 aromatic rings. The number of halogens is 3. The van der Waals surface area contributed by atoms with Crippen LogP contribution in [0.5, 0.6) is 0 Å². The highest BCUT2D eigenvalue weighted by Gasteiger charge is 2.07. The number of rotatable bonds is 1. The van der Waals surface area contributed by atoms with Gasteiger partial charge in [-0.3, -0.25) is 4.79 Å². The lowest BCUT2D eigenvalue weighted by molar-refractivity contribution is 1.24. The van der Waals surface area contributed by atoms with E-state index >= 15 is 0 Å². The molecule has 1 aromatic carbocycles. The molecular weight excluding hydrogens is 268 g/mol. The van der Waals surface area contributed by atoms with Crippen LogP contribution in [0.15, 0.2) is 35.3 Å². The summed E-state index contributed by atoms with van der Waals surface area (Å²) in [7, 11) is 0. The predicted octanol–water partition coefficient (Wildman–Crippen LogP) is 4.00. The molecule has 0 bridgehead atoms. The average molecular weight is 275 g/mol. The number of hydrogen-bond donors (Lipinski definition) is 1. The Balaban J connectivity index is 2.56. The molecule has 0 aliphatic heterocycles. The summed E-state index contributed by atoms with van der Waals surface area (Å²) in [4.78, 5) is 13.5. The van der Waals surface area contributed by atoms with Crippen LogP contribution in [0.3, 0.4) is 0 Å². The summed E-state index contributed by atoms with van der Waals surface area (Å²) in [5.41, 5.74) is 1.46. The van der Waals surface area contributed by atoms with Gasteiger partial charge >= 0.3 is 0 Å². The van der Waals surface area contributed by atoms with Gasteiger partial charge in [0, 0.05) is 12.3 Å². The van der Waals surface area contributed by atoms with Crippen LogP contribution < -0.4 is 5.56 Å². The number of aromatic nitrogens is 1. The summed E-state index contributed by atoms with van der Waals surface area (Å²) < 4.78 is 0. The molecule has 0 unspecified atom stereocenters. The number of benzene rings is 1. The average Bonchev–Trinajstić information content (AvgIpc) is 2.26. The SMILES string of the molecule is O=c1ccc(-c2cc(Cl)c(Cl)c(Cl)c2)c[nH]1. The number of aromatic amines is 1. The Kier molecular flexibility index (Phi) is 3.24. The minimum absolute atomic E-state index is 0.157. The first-order valence-electron chi connectivity index (χ1n) is 4.41. The Morgan fingerprint density at radius 3 is 2.06 bits per heavy atom. The van der Waals surface area contributed by atoms with E-state index in [1.165, 1.54) is 6.07 Å². The van der Waals surface area contributed by atoms with Crippen LogP contribution in [0, 0.1) is 0 Å². The predicted molar refractivity (Wildman–Crippen MR) is 67.5 cm³/mol. The van der Waals surface area contributed by atoms with Crippen molar-refractivity contribution in [2.75, 3.05) is 0 Å². The molecule has 16 heavy (non-hydrogen) atoms. The highest BCUT2D eigenvalue weighted by molar-refractivity contribution is 6.48. The summed E-state index contributed by atoms with van der Waals surface area (Å²) in [6.45, 7) is 0. The van der Waals surface area contributed by atoms with Gasteiger partial charge in [-0.25, -0.2) is 0 Å². The summed E-state index contributed by atoms with van der Waals surface area (Å²) in [5, 5.41) is 1.10. The van der Waals surface area contributed by atoms with Gasteiger partial charge in [0.1, 0.15) is 0 Å². The van der Waals surface area contributed by atoms with Crippen molar-refractivity contribution in [2.24, 2.45) is 0 Å². The van der Waals surface area contributed by atoms with Crippen LogP contribution in [0.1, 0.15) is 0 Å². The molecule has 1 aromatic heterocycles. The first-order valence-corrected chi connectivity index (χ1v) is 5.55. The van der Waals surface area contributed by atoms with Crippen molar-refractivity contribution in [2.45, 2.75) is 0 Å². The second kappa shape index (κ2) is 4.50. The zero-order valence-electron chi connectivity index (χ0n) is 7.93. The Morgan fingerprint density at radius 1 is 0.938 bits per heavy atom. The maximum absolute atomic E-state index is 10.9. The van der Waals surface area contributed by atoms with Crippen molar-refractivity contribution < 1.29 is 0 Å². The first kappa shape index (κ1) is 11.5. The third-order valence-electron chi connectivity index (χ3n) is 2.10. The van der Waals surface area contributed by atoms with Crippen LogP contribution in [-0.4, -0.2) is 4.98 Å². The van der Waals surface area contributed by atoms with Crippen LogP contribution in [0.25, 0.3) is 11.1 Å². The second-order valence-electron chi connectivity index (χ2n) is 3.20. The molecule has 0 saturated carbocycles. The molecule has 0 radical (unpaired) electrons. The van der Waals surface area contributed by atoms with E-state index in [0.717, 1.165) is 11.1 Å². The van der Waals surface area contributed by atoms with E-state index in [9.17, 15) is 4.79 Å². The van der Waals surface area contributed by atoms with Crippen molar-refractivity contribution in [3.05, 3.63) is 55.9 Å². The Bertz CT molecular complexity index is 549. The Hall–Kier alpha value is -0.960. The molecule has 0 aliphatic carbocycles. The second-order valence-corrected chi connectivity index (χ2v) is 4.39. The number of pyridine rings is 1. The van der Waals surface area contributed by atoms with Crippen molar-refractivity contribution >= 4 is 34.8 Å². The van der Waals surface area contributed by atoms with Gasteiger partial charge < -0.3 is 4.98 Å². The molecule has 2 rings (SSSR count). The molecule has 0 amide bonds. The summed E-state index contributed by atoms with van der Waals surface area (Å²) in [5.74, 6) is 0. The van der Waals surface area contributed by atoms with E-state index in [2.05, 4.69) is 4.98 Å². The van der Waals surface area contributed by atoms with Gasteiger partial charge in [0.05, 0.1) is 15.1 Å². The smallest absolute Gasteiger partial charge is 0.247 e. The number of nitrogens with one attached hydrogen (secondary N) is 1. The van der Waals surface area contributed by atoms with Gasteiger partial charge in [-0.05, 0) is 29.3 Å². The van der Waals surface area contributed by atoms with Crippen molar-refractivity contribution in [1.29, 1.82) is 0 Å². The zero-order chi connectivity index (χ0) is 11.7. The van der Waals surface area contributed by atoms with Crippen molar-refractivity contribution in [3.8, 4) is 11.1 Å². The molecular formula is C11H6Cl3NO. The zero-order valence-corrected chi connectivity index (χ0v) is 10.2. The summed E-state index contributed by atoms with van der Waals surface area (Å²) >= 11 is 17.7. The van der Waals surface area contributed by atoms with E-state index in [1.807, 2.05) is 0 Å². The quantitative estimate of drug-likeness (QED) is 0.783. The maximum Gasteiger partial charge on any atom is 0.247 e. The lowest BCUT2D eigenvalue weighted by Crippen LogP contribution is -2.01. The third kappa shape index (κ3) is 2.24. The highest BCUT2D eigenvalue weighted by atomic mass is 35.5. The molecule has 0 aliphatic rings. The molecule has 0 saturated heterocycles. The minimum Gasteiger partial charge on any atom is -0.328 e. The standard InChI is InChI=1S/C11H6Cl3NO/c12-8-3-7(4-9(13)11(8)14)6-1-2-10(16)15-5-6/h1-5H,(H,15,16). The van der Waals surface area contributed by atoms with Crippen LogP contribution in [-0.2, 0) is 0 Å². The van der Waals surface area contributed by atoms with Gasteiger partial charge in [-0.2, -0.15) is 0 Å². The molecule has 5 heteroatoms. The van der Waals surface area contributed by atoms with E-state index < -0.39 is 0 Å². The van der Waals surface area contributed by atoms with Gasteiger partial charge in [-0.15, -0.1) is 0 Å².